The highest BCUT2D eigenvalue weighted by Gasteiger charge is 2.28. The summed E-state index contributed by atoms with van der Waals surface area (Å²) in [5, 5.41) is 10.0. The Morgan fingerprint density at radius 1 is 1.39 bits per heavy atom. The summed E-state index contributed by atoms with van der Waals surface area (Å²) in [4.78, 5) is 11.8. The number of carbonyl (C=O) groups is 1. The predicted molar refractivity (Wildman–Crippen MR) is 88.8 cm³/mol. The van der Waals surface area contributed by atoms with Crippen molar-refractivity contribution in [3.05, 3.63) is 48.3 Å². The number of hydrogen-bond donors (Lipinski definition) is 2. The lowest BCUT2D eigenvalue weighted by Gasteiger charge is -2.10. The van der Waals surface area contributed by atoms with Crippen LogP contribution in [0.3, 0.4) is 0 Å². The normalized spacial score (nSPS) is 20.0. The van der Waals surface area contributed by atoms with E-state index in [1.165, 1.54) is 0 Å². The highest BCUT2D eigenvalue weighted by molar-refractivity contribution is 5.85. The van der Waals surface area contributed by atoms with E-state index < -0.39 is 12.2 Å². The summed E-state index contributed by atoms with van der Waals surface area (Å²) in [6, 6.07) is 9.45. The molecule has 2 aromatic rings. The summed E-state index contributed by atoms with van der Waals surface area (Å²) in [5.41, 5.74) is 2.05. The molecule has 0 saturated carbocycles. The van der Waals surface area contributed by atoms with E-state index in [-0.39, 0.29) is 31.3 Å². The number of amides is 1. The van der Waals surface area contributed by atoms with Crippen molar-refractivity contribution in [2.45, 2.75) is 25.1 Å². The summed E-state index contributed by atoms with van der Waals surface area (Å²) >= 11 is 0. The number of benzene rings is 1. The maximum atomic E-state index is 13.0. The third-order valence-electron chi connectivity index (χ3n) is 3.76. The second-order valence-electron chi connectivity index (χ2n) is 5.46. The lowest BCUT2D eigenvalue weighted by molar-refractivity contribution is -0.122. The van der Waals surface area contributed by atoms with Crippen LogP contribution in [-0.2, 0) is 11.2 Å². The molecular formula is C16H20ClFN4O. The monoisotopic (exact) mass is 338 g/mol. The number of alkyl halides is 1. The van der Waals surface area contributed by atoms with Gasteiger partial charge >= 0.3 is 0 Å². The maximum Gasteiger partial charge on any atom is 0.237 e. The molecule has 1 aromatic heterocycles. The molecule has 2 heterocycles. The van der Waals surface area contributed by atoms with Gasteiger partial charge in [0.2, 0.25) is 5.91 Å². The number of nitrogens with one attached hydrogen (secondary N) is 2. The minimum absolute atomic E-state index is 0. The molecule has 1 aliphatic heterocycles. The number of nitrogens with zero attached hydrogens (tertiary/aromatic N) is 2. The zero-order valence-electron chi connectivity index (χ0n) is 12.6. The minimum Gasteiger partial charge on any atom is -0.354 e. The fourth-order valence-electron chi connectivity index (χ4n) is 2.56. The topological polar surface area (TPSA) is 59.0 Å². The summed E-state index contributed by atoms with van der Waals surface area (Å²) in [6.07, 6.45) is 3.79. The van der Waals surface area contributed by atoms with Gasteiger partial charge in [-0.05, 0) is 24.1 Å². The van der Waals surface area contributed by atoms with Crippen LogP contribution in [0.15, 0.2) is 42.7 Å². The van der Waals surface area contributed by atoms with Crippen LogP contribution < -0.4 is 10.6 Å². The average Bonchev–Trinajstić information content (AvgIpc) is 3.17. The molecule has 1 amide bonds. The maximum absolute atomic E-state index is 13.0. The molecule has 0 unspecified atom stereocenters. The van der Waals surface area contributed by atoms with Crippen LogP contribution in [0.1, 0.15) is 12.0 Å². The summed E-state index contributed by atoms with van der Waals surface area (Å²) in [6.45, 7) is 0.788. The first-order chi connectivity index (χ1) is 10.7. The molecule has 3 rings (SSSR count). The molecule has 2 atom stereocenters. The fraction of sp³-hybridized carbons (Fsp3) is 0.375. The van der Waals surface area contributed by atoms with E-state index in [9.17, 15) is 9.18 Å². The number of halogens is 2. The number of aromatic nitrogens is 2. The van der Waals surface area contributed by atoms with Gasteiger partial charge in [-0.2, -0.15) is 5.10 Å². The molecule has 124 valence electrons. The van der Waals surface area contributed by atoms with E-state index in [4.69, 9.17) is 0 Å². The lowest BCUT2D eigenvalue weighted by atomic mass is 10.2. The number of para-hydroxylation sites is 1. The van der Waals surface area contributed by atoms with Crippen LogP contribution in [-0.4, -0.2) is 41.0 Å². The van der Waals surface area contributed by atoms with Gasteiger partial charge in [-0.25, -0.2) is 9.07 Å². The zero-order chi connectivity index (χ0) is 15.4. The number of rotatable bonds is 5. The molecule has 7 heteroatoms. The molecule has 0 radical (unpaired) electrons. The van der Waals surface area contributed by atoms with Crippen molar-refractivity contribution >= 4 is 18.3 Å². The van der Waals surface area contributed by atoms with Crippen LogP contribution in [0.2, 0.25) is 0 Å². The summed E-state index contributed by atoms with van der Waals surface area (Å²) in [5.74, 6) is -0.129. The van der Waals surface area contributed by atoms with Gasteiger partial charge in [0.15, 0.2) is 0 Å². The largest absolute Gasteiger partial charge is 0.354 e. The molecule has 5 nitrogen and oxygen atoms in total. The van der Waals surface area contributed by atoms with E-state index in [0.29, 0.717) is 13.0 Å². The van der Waals surface area contributed by atoms with Crippen LogP contribution in [0.4, 0.5) is 4.39 Å². The van der Waals surface area contributed by atoms with Gasteiger partial charge in [0.1, 0.15) is 6.17 Å². The quantitative estimate of drug-likeness (QED) is 0.871. The van der Waals surface area contributed by atoms with E-state index in [1.807, 2.05) is 41.2 Å². The van der Waals surface area contributed by atoms with Gasteiger partial charge in [0.05, 0.1) is 17.9 Å². The van der Waals surface area contributed by atoms with Crippen molar-refractivity contribution in [3.63, 3.8) is 0 Å². The molecule has 0 bridgehead atoms. The average molecular weight is 339 g/mol. The second-order valence-corrected chi connectivity index (χ2v) is 5.46. The Morgan fingerprint density at radius 3 is 2.87 bits per heavy atom. The van der Waals surface area contributed by atoms with Crippen LogP contribution in [0, 0.1) is 0 Å². The number of hydrogen-bond acceptors (Lipinski definition) is 3. The fourth-order valence-corrected chi connectivity index (χ4v) is 2.56. The van der Waals surface area contributed by atoms with Crippen molar-refractivity contribution in [2.24, 2.45) is 0 Å². The van der Waals surface area contributed by atoms with Gasteiger partial charge in [-0.15, -0.1) is 12.4 Å². The van der Waals surface area contributed by atoms with E-state index >= 15 is 0 Å². The van der Waals surface area contributed by atoms with Crippen molar-refractivity contribution in [1.82, 2.24) is 20.4 Å². The Labute approximate surface area is 140 Å². The highest BCUT2D eigenvalue weighted by Crippen LogP contribution is 2.10. The van der Waals surface area contributed by atoms with Gasteiger partial charge in [0.25, 0.3) is 0 Å². The zero-order valence-corrected chi connectivity index (χ0v) is 13.4. The lowest BCUT2D eigenvalue weighted by Crippen LogP contribution is -2.41. The highest BCUT2D eigenvalue weighted by atomic mass is 35.5. The van der Waals surface area contributed by atoms with Crippen molar-refractivity contribution in [2.75, 3.05) is 13.1 Å². The van der Waals surface area contributed by atoms with E-state index in [2.05, 4.69) is 15.7 Å². The molecule has 1 aromatic carbocycles. The smallest absolute Gasteiger partial charge is 0.237 e. The third-order valence-corrected chi connectivity index (χ3v) is 3.76. The van der Waals surface area contributed by atoms with Crippen LogP contribution in [0.25, 0.3) is 5.69 Å². The predicted octanol–water partition coefficient (Wildman–Crippen LogP) is 1.65. The first-order valence-electron chi connectivity index (χ1n) is 7.46. The Kier molecular flexibility index (Phi) is 6.12. The Hall–Kier alpha value is -1.92. The van der Waals surface area contributed by atoms with E-state index in [0.717, 1.165) is 11.3 Å². The Morgan fingerprint density at radius 2 is 2.17 bits per heavy atom. The molecule has 23 heavy (non-hydrogen) atoms. The minimum atomic E-state index is -0.917. The third kappa shape index (κ3) is 4.53. The molecule has 1 saturated heterocycles. The van der Waals surface area contributed by atoms with Crippen molar-refractivity contribution in [1.29, 1.82) is 0 Å². The SMILES string of the molecule is Cl.O=C(NCCc1cnn(-c2ccccc2)c1)[C@H]1C[C@H](F)CN1. The van der Waals surface area contributed by atoms with Crippen LogP contribution >= 0.6 is 12.4 Å². The van der Waals surface area contributed by atoms with Gasteiger partial charge in [-0.3, -0.25) is 4.79 Å². The molecular weight excluding hydrogens is 319 g/mol. The van der Waals surface area contributed by atoms with Crippen molar-refractivity contribution < 1.29 is 9.18 Å². The summed E-state index contributed by atoms with van der Waals surface area (Å²) < 4.78 is 14.8. The standard InChI is InChI=1S/C16H19FN4O.ClH/c17-13-8-15(19-10-13)16(22)18-7-6-12-9-20-21(11-12)14-4-2-1-3-5-14;/h1-5,9,11,13,15,19H,6-8,10H2,(H,18,22);1H/t13-,15+;/m0./s1. The second kappa shape index (κ2) is 8.08. The van der Waals surface area contributed by atoms with Gasteiger partial charge < -0.3 is 10.6 Å². The Balaban J connectivity index is 0.00000192. The van der Waals surface area contributed by atoms with Crippen LogP contribution in [0.5, 0.6) is 0 Å². The first-order valence-corrected chi connectivity index (χ1v) is 7.46. The summed E-state index contributed by atoms with van der Waals surface area (Å²) in [7, 11) is 0. The molecule has 2 N–H and O–H groups in total. The Bertz CT molecular complexity index is 634. The van der Waals surface area contributed by atoms with Gasteiger partial charge in [-0.1, -0.05) is 18.2 Å². The van der Waals surface area contributed by atoms with Crippen molar-refractivity contribution in [3.8, 4) is 5.69 Å². The molecule has 0 aliphatic carbocycles. The van der Waals surface area contributed by atoms with E-state index in [1.54, 1.807) is 6.20 Å². The molecule has 0 spiro atoms. The molecule has 1 fully saturated rings. The molecule has 1 aliphatic rings. The van der Waals surface area contributed by atoms with Gasteiger partial charge in [0, 0.05) is 25.7 Å². The first kappa shape index (κ1) is 17.4. The number of carbonyl (C=O) groups excluding carboxylic acids is 1.